The highest BCUT2D eigenvalue weighted by atomic mass is 16.7. The topological polar surface area (TPSA) is 81.2 Å². The molecule has 1 unspecified atom stereocenters. The Balaban J connectivity index is 1.99. The van der Waals surface area contributed by atoms with Gasteiger partial charge in [0.1, 0.15) is 12.7 Å². The zero-order valence-electron chi connectivity index (χ0n) is 12.6. The van der Waals surface area contributed by atoms with E-state index in [9.17, 15) is 0 Å². The van der Waals surface area contributed by atoms with Gasteiger partial charge in [-0.1, -0.05) is 0 Å². The molecule has 0 bridgehead atoms. The lowest BCUT2D eigenvalue weighted by Gasteiger charge is -2.17. The summed E-state index contributed by atoms with van der Waals surface area (Å²) >= 11 is 0. The summed E-state index contributed by atoms with van der Waals surface area (Å²) in [6, 6.07) is 1.75. The van der Waals surface area contributed by atoms with Gasteiger partial charge in [-0.2, -0.15) is 9.97 Å². The molecule has 1 aromatic heterocycles. The van der Waals surface area contributed by atoms with Crippen LogP contribution < -0.4 is 14.2 Å². The third kappa shape index (κ3) is 3.93. The first-order chi connectivity index (χ1) is 10.2. The first kappa shape index (κ1) is 15.7. The molecule has 0 saturated carbocycles. The van der Waals surface area contributed by atoms with Crippen molar-refractivity contribution in [1.29, 1.82) is 0 Å². The molecule has 0 radical (unpaired) electrons. The molecule has 0 aromatic carbocycles. The lowest BCUT2D eigenvalue weighted by atomic mass is 10.2. The van der Waals surface area contributed by atoms with Crippen molar-refractivity contribution in [3.63, 3.8) is 0 Å². The lowest BCUT2D eigenvalue weighted by Crippen LogP contribution is -2.29. The molecular formula is C13H20N2O6. The summed E-state index contributed by atoms with van der Waals surface area (Å²) in [4.78, 5) is 8.08. The van der Waals surface area contributed by atoms with Crippen molar-refractivity contribution >= 4 is 0 Å². The molecule has 0 N–H and O–H groups in total. The first-order valence-corrected chi connectivity index (χ1v) is 6.51. The number of methoxy groups -OCH3 is 4. The van der Waals surface area contributed by atoms with Gasteiger partial charge < -0.3 is 28.4 Å². The van der Waals surface area contributed by atoms with Crippen LogP contribution in [0.5, 0.6) is 17.8 Å². The second-order valence-corrected chi connectivity index (χ2v) is 4.40. The molecule has 2 rings (SSSR count). The number of rotatable bonds is 7. The van der Waals surface area contributed by atoms with Gasteiger partial charge >= 0.3 is 6.01 Å². The molecule has 2 heterocycles. The van der Waals surface area contributed by atoms with Gasteiger partial charge in [0.25, 0.3) is 0 Å². The van der Waals surface area contributed by atoms with E-state index in [0.29, 0.717) is 18.2 Å². The zero-order chi connectivity index (χ0) is 15.2. The summed E-state index contributed by atoms with van der Waals surface area (Å²) in [7, 11) is 6.22. The van der Waals surface area contributed by atoms with E-state index in [0.717, 1.165) is 0 Å². The van der Waals surface area contributed by atoms with Crippen LogP contribution in [-0.4, -0.2) is 63.5 Å². The predicted octanol–water partition coefficient (Wildman–Crippen LogP) is 0.649. The Kier molecular flexibility index (Phi) is 5.54. The van der Waals surface area contributed by atoms with Crippen LogP contribution in [0.15, 0.2) is 6.07 Å². The van der Waals surface area contributed by atoms with Gasteiger partial charge in [-0.15, -0.1) is 0 Å². The van der Waals surface area contributed by atoms with Crippen molar-refractivity contribution < 1.29 is 28.4 Å². The molecule has 1 aliphatic rings. The Morgan fingerprint density at radius 1 is 1.10 bits per heavy atom. The van der Waals surface area contributed by atoms with E-state index in [-0.39, 0.29) is 31.1 Å². The van der Waals surface area contributed by atoms with Gasteiger partial charge in [0.2, 0.25) is 11.8 Å². The van der Waals surface area contributed by atoms with Gasteiger partial charge in [-0.25, -0.2) is 0 Å². The normalized spacial score (nSPS) is 24.9. The summed E-state index contributed by atoms with van der Waals surface area (Å²) in [5.41, 5.74) is 0. The Morgan fingerprint density at radius 3 is 2.48 bits per heavy atom. The van der Waals surface area contributed by atoms with Crippen LogP contribution in [-0.2, 0) is 14.2 Å². The Morgan fingerprint density at radius 2 is 1.86 bits per heavy atom. The second kappa shape index (κ2) is 7.39. The van der Waals surface area contributed by atoms with Crippen molar-refractivity contribution in [2.24, 2.45) is 0 Å². The standard InChI is InChI=1S/C13H20N2O6/c1-16-8-5-12(18-3)21-9(8)7-20-11-6-10(17-2)14-13(15-11)19-4/h6,8-9,12H,5,7H2,1-4H3/t8-,9+,12?/m0/s1. The van der Waals surface area contributed by atoms with Crippen LogP contribution in [0.3, 0.4) is 0 Å². The van der Waals surface area contributed by atoms with E-state index in [1.165, 1.54) is 14.2 Å². The van der Waals surface area contributed by atoms with E-state index >= 15 is 0 Å². The second-order valence-electron chi connectivity index (χ2n) is 4.40. The van der Waals surface area contributed by atoms with Crippen LogP contribution in [0.4, 0.5) is 0 Å². The molecule has 1 saturated heterocycles. The molecule has 0 spiro atoms. The number of hydrogen-bond donors (Lipinski definition) is 0. The average molecular weight is 300 g/mol. The average Bonchev–Trinajstić information content (AvgIpc) is 2.94. The van der Waals surface area contributed by atoms with Gasteiger partial charge in [-0.3, -0.25) is 0 Å². The van der Waals surface area contributed by atoms with Crippen LogP contribution in [0.25, 0.3) is 0 Å². The van der Waals surface area contributed by atoms with Gasteiger partial charge in [-0.05, 0) is 0 Å². The highest BCUT2D eigenvalue weighted by molar-refractivity contribution is 5.22. The summed E-state index contributed by atoms with van der Waals surface area (Å²) < 4.78 is 31.9. The van der Waals surface area contributed by atoms with E-state index < -0.39 is 0 Å². The summed E-state index contributed by atoms with van der Waals surface area (Å²) in [5.74, 6) is 0.709. The molecule has 118 valence electrons. The fourth-order valence-corrected chi connectivity index (χ4v) is 2.05. The fraction of sp³-hybridized carbons (Fsp3) is 0.692. The molecule has 21 heavy (non-hydrogen) atoms. The molecule has 1 fully saturated rings. The molecule has 8 heteroatoms. The van der Waals surface area contributed by atoms with E-state index in [1.54, 1.807) is 20.3 Å². The smallest absolute Gasteiger partial charge is 0.322 e. The Hall–Kier alpha value is -1.64. The van der Waals surface area contributed by atoms with Crippen molar-refractivity contribution in [1.82, 2.24) is 9.97 Å². The fourth-order valence-electron chi connectivity index (χ4n) is 2.05. The van der Waals surface area contributed by atoms with E-state index in [1.807, 2.05) is 0 Å². The predicted molar refractivity (Wildman–Crippen MR) is 71.7 cm³/mol. The molecule has 0 amide bonds. The summed E-state index contributed by atoms with van der Waals surface area (Å²) in [6.07, 6.45) is 0.0720. The molecule has 0 aliphatic carbocycles. The maximum Gasteiger partial charge on any atom is 0.322 e. The Labute approximate surface area is 123 Å². The number of ether oxygens (including phenoxy) is 6. The van der Waals surface area contributed by atoms with Crippen LogP contribution in [0.2, 0.25) is 0 Å². The molecule has 1 aliphatic heterocycles. The zero-order valence-corrected chi connectivity index (χ0v) is 12.6. The largest absolute Gasteiger partial charge is 0.481 e. The van der Waals surface area contributed by atoms with E-state index in [4.69, 9.17) is 28.4 Å². The quantitative estimate of drug-likeness (QED) is 0.726. The van der Waals surface area contributed by atoms with Crippen molar-refractivity contribution in [3.8, 4) is 17.8 Å². The number of hydrogen-bond acceptors (Lipinski definition) is 8. The Bertz CT molecular complexity index is 436. The monoisotopic (exact) mass is 300 g/mol. The van der Waals surface area contributed by atoms with Crippen LogP contribution in [0, 0.1) is 0 Å². The van der Waals surface area contributed by atoms with Crippen molar-refractivity contribution in [3.05, 3.63) is 6.07 Å². The summed E-state index contributed by atoms with van der Waals surface area (Å²) in [5, 5.41) is 0. The SMILES string of the molecule is COc1cc(OC[C@H]2OC(OC)C[C@@H]2OC)nc(OC)n1. The molecule has 1 aromatic rings. The minimum Gasteiger partial charge on any atom is -0.481 e. The van der Waals surface area contributed by atoms with Crippen molar-refractivity contribution in [2.45, 2.75) is 24.9 Å². The van der Waals surface area contributed by atoms with Gasteiger partial charge in [0, 0.05) is 20.6 Å². The number of nitrogens with zero attached hydrogens (tertiary/aromatic N) is 2. The lowest BCUT2D eigenvalue weighted by molar-refractivity contribution is -0.126. The molecular weight excluding hydrogens is 280 g/mol. The third-order valence-corrected chi connectivity index (χ3v) is 3.18. The highest BCUT2D eigenvalue weighted by Gasteiger charge is 2.36. The minimum atomic E-state index is -0.280. The molecule has 3 atom stereocenters. The van der Waals surface area contributed by atoms with E-state index in [2.05, 4.69) is 9.97 Å². The number of aromatic nitrogens is 2. The molecule has 8 nitrogen and oxygen atoms in total. The van der Waals surface area contributed by atoms with Gasteiger partial charge in [0.05, 0.1) is 26.4 Å². The first-order valence-electron chi connectivity index (χ1n) is 6.51. The minimum absolute atomic E-state index is 0.0828. The van der Waals surface area contributed by atoms with Crippen LogP contribution in [0.1, 0.15) is 6.42 Å². The van der Waals surface area contributed by atoms with Gasteiger partial charge in [0.15, 0.2) is 6.29 Å². The van der Waals surface area contributed by atoms with Crippen molar-refractivity contribution in [2.75, 3.05) is 35.0 Å². The maximum absolute atomic E-state index is 5.67. The van der Waals surface area contributed by atoms with Crippen LogP contribution >= 0.6 is 0 Å². The third-order valence-electron chi connectivity index (χ3n) is 3.18. The maximum atomic E-state index is 5.67. The highest BCUT2D eigenvalue weighted by Crippen LogP contribution is 2.25. The summed E-state index contributed by atoms with van der Waals surface area (Å²) in [6.45, 7) is 0.279.